The molecule has 7 heteroatoms. The molecule has 35 heavy (non-hydrogen) atoms. The molecule has 0 saturated heterocycles. The average molecular weight is 492 g/mol. The van der Waals surface area contributed by atoms with Crippen LogP contribution in [0.5, 0.6) is 0 Å². The third-order valence-electron chi connectivity index (χ3n) is 5.78. The van der Waals surface area contributed by atoms with Gasteiger partial charge in [-0.3, -0.25) is 9.59 Å². The lowest BCUT2D eigenvalue weighted by Gasteiger charge is -2.28. The summed E-state index contributed by atoms with van der Waals surface area (Å²) in [4.78, 5) is 37.3. The number of carbonyl (C=O) groups excluding carboxylic acids is 3. The average Bonchev–Trinajstić information content (AvgIpc) is 2.85. The Hall–Kier alpha value is -2.57. The Kier molecular flexibility index (Phi) is 17.2. The molecule has 7 nitrogen and oxygen atoms in total. The van der Waals surface area contributed by atoms with E-state index >= 15 is 0 Å². The molecule has 0 aromatic heterocycles. The molecule has 1 aliphatic heterocycles. The quantitative estimate of drug-likeness (QED) is 0.0942. The van der Waals surface area contributed by atoms with Crippen molar-refractivity contribution in [2.45, 2.75) is 90.9 Å². The van der Waals surface area contributed by atoms with Gasteiger partial charge in [0.1, 0.15) is 19.8 Å². The molecule has 1 rings (SSSR count). The summed E-state index contributed by atoms with van der Waals surface area (Å²) in [6.45, 7) is 9.13. The van der Waals surface area contributed by atoms with Crippen molar-refractivity contribution in [1.82, 2.24) is 4.90 Å². The first kappa shape index (κ1) is 30.5. The topological polar surface area (TPSA) is 82.1 Å². The summed E-state index contributed by atoms with van der Waals surface area (Å²) in [7, 11) is 0. The number of esters is 3. The monoisotopic (exact) mass is 491 g/mol. The lowest BCUT2D eigenvalue weighted by molar-refractivity contribution is -0.152. The Morgan fingerprint density at radius 1 is 0.857 bits per heavy atom. The molecule has 1 aliphatic rings. The number of hydrogen-bond donors (Lipinski definition) is 0. The molecule has 0 aliphatic carbocycles. The minimum absolute atomic E-state index is 0.0432. The van der Waals surface area contributed by atoms with Gasteiger partial charge in [0, 0.05) is 18.7 Å². The highest BCUT2D eigenvalue weighted by Crippen LogP contribution is 2.15. The molecule has 0 N–H and O–H groups in total. The van der Waals surface area contributed by atoms with E-state index in [-0.39, 0.29) is 38.2 Å². The van der Waals surface area contributed by atoms with Crippen molar-refractivity contribution in [3.8, 4) is 0 Å². The second-order valence-corrected chi connectivity index (χ2v) is 9.01. The van der Waals surface area contributed by atoms with Crippen molar-refractivity contribution in [3.63, 3.8) is 0 Å². The lowest BCUT2D eigenvalue weighted by atomic mass is 10.1. The van der Waals surface area contributed by atoms with Gasteiger partial charge in [0.2, 0.25) is 0 Å². The van der Waals surface area contributed by atoms with E-state index in [0.717, 1.165) is 25.2 Å². The summed E-state index contributed by atoms with van der Waals surface area (Å²) < 4.78 is 15.2. The number of carbonyl (C=O) groups is 3. The van der Waals surface area contributed by atoms with Gasteiger partial charge in [-0.2, -0.15) is 0 Å². The zero-order valence-corrected chi connectivity index (χ0v) is 21.9. The number of allylic oxidation sites excluding steroid dienone is 2. The van der Waals surface area contributed by atoms with Crippen molar-refractivity contribution >= 4 is 17.9 Å². The lowest BCUT2D eigenvalue weighted by Crippen LogP contribution is -2.29. The van der Waals surface area contributed by atoms with Crippen LogP contribution in [0.2, 0.25) is 0 Å². The first-order valence-electron chi connectivity index (χ1n) is 13.2. The molecule has 0 aromatic carbocycles. The molecule has 1 heterocycles. The fourth-order valence-electron chi connectivity index (χ4n) is 3.67. The molecule has 0 atom stereocenters. The van der Waals surface area contributed by atoms with E-state index in [4.69, 9.17) is 14.2 Å². The molecule has 0 radical (unpaired) electrons. The number of unbranched alkanes of at least 4 members (excludes halogenated alkanes) is 9. The minimum Gasteiger partial charge on any atom is -0.462 e. The first-order valence-corrected chi connectivity index (χ1v) is 13.2. The maximum atomic E-state index is 12.1. The third-order valence-corrected chi connectivity index (χ3v) is 5.78. The highest BCUT2D eigenvalue weighted by atomic mass is 16.6. The van der Waals surface area contributed by atoms with Gasteiger partial charge in [0.25, 0.3) is 0 Å². The van der Waals surface area contributed by atoms with Crippen LogP contribution >= 0.6 is 0 Å². The van der Waals surface area contributed by atoms with Gasteiger partial charge >= 0.3 is 17.9 Å². The Bertz CT molecular complexity index is 712. The predicted octanol–water partition coefficient (Wildman–Crippen LogP) is 5.65. The highest BCUT2D eigenvalue weighted by molar-refractivity contribution is 5.86. The predicted molar refractivity (Wildman–Crippen MR) is 138 cm³/mol. The molecule has 0 bridgehead atoms. The van der Waals surface area contributed by atoms with E-state index in [1.165, 1.54) is 64.7 Å². The zero-order valence-electron chi connectivity index (χ0n) is 21.9. The van der Waals surface area contributed by atoms with Gasteiger partial charge in [-0.05, 0) is 19.4 Å². The van der Waals surface area contributed by atoms with Gasteiger partial charge in [0.15, 0.2) is 0 Å². The van der Waals surface area contributed by atoms with Crippen LogP contribution in [0.3, 0.4) is 0 Å². The molecule has 0 fully saturated rings. The summed E-state index contributed by atoms with van der Waals surface area (Å²) in [5.41, 5.74) is 1.27. The molecular formula is C28H45NO6. The fraction of sp³-hybridized carbons (Fsp3) is 0.679. The third kappa shape index (κ3) is 15.9. The molecule has 0 saturated carbocycles. The van der Waals surface area contributed by atoms with Crippen LogP contribution in [0.15, 0.2) is 36.1 Å². The van der Waals surface area contributed by atoms with E-state index in [1.807, 2.05) is 12.2 Å². The fourth-order valence-corrected chi connectivity index (χ4v) is 3.67. The Morgan fingerprint density at radius 2 is 1.43 bits per heavy atom. The van der Waals surface area contributed by atoms with E-state index < -0.39 is 17.9 Å². The van der Waals surface area contributed by atoms with Crippen LogP contribution in [0.1, 0.15) is 90.9 Å². The van der Waals surface area contributed by atoms with Crippen LogP contribution in [0, 0.1) is 0 Å². The Labute approximate surface area is 211 Å². The van der Waals surface area contributed by atoms with E-state index in [0.29, 0.717) is 0 Å². The number of nitrogens with zero attached hydrogens (tertiary/aromatic N) is 1. The van der Waals surface area contributed by atoms with Crippen molar-refractivity contribution in [2.24, 2.45) is 0 Å². The maximum absolute atomic E-state index is 12.1. The van der Waals surface area contributed by atoms with E-state index in [2.05, 4.69) is 24.5 Å². The maximum Gasteiger partial charge on any atom is 0.333 e. The summed E-state index contributed by atoms with van der Waals surface area (Å²) in [5.74, 6) is -1.50. The molecule has 0 amide bonds. The second-order valence-electron chi connectivity index (χ2n) is 9.01. The van der Waals surface area contributed by atoms with Gasteiger partial charge < -0.3 is 19.1 Å². The molecule has 0 spiro atoms. The van der Waals surface area contributed by atoms with E-state index in [1.54, 1.807) is 0 Å². The van der Waals surface area contributed by atoms with Crippen LogP contribution in [0.25, 0.3) is 0 Å². The van der Waals surface area contributed by atoms with Crippen LogP contribution < -0.4 is 0 Å². The molecule has 0 aromatic rings. The van der Waals surface area contributed by atoms with Crippen molar-refractivity contribution < 1.29 is 28.6 Å². The van der Waals surface area contributed by atoms with Gasteiger partial charge in [-0.25, -0.2) is 4.79 Å². The number of hydrogen-bond acceptors (Lipinski definition) is 7. The zero-order chi connectivity index (χ0) is 25.7. The Morgan fingerprint density at radius 3 is 2.06 bits per heavy atom. The van der Waals surface area contributed by atoms with Gasteiger partial charge in [-0.1, -0.05) is 83.4 Å². The number of rotatable bonds is 20. The highest BCUT2D eigenvalue weighted by Gasteiger charge is 2.14. The SMILES string of the molecule is C=C(C)C(=O)OCCOC(=O)CCC(=O)OCC1=CC=CCN1CCCCCCCCCCCC. The Balaban J connectivity index is 2.13. The van der Waals surface area contributed by atoms with Crippen LogP contribution in [-0.2, 0) is 28.6 Å². The van der Waals surface area contributed by atoms with Crippen LogP contribution in [0.4, 0.5) is 0 Å². The molecular weight excluding hydrogens is 446 g/mol. The van der Waals surface area contributed by atoms with Crippen LogP contribution in [-0.4, -0.2) is 55.7 Å². The van der Waals surface area contributed by atoms with Crippen molar-refractivity contribution in [1.29, 1.82) is 0 Å². The molecule has 0 unspecified atom stereocenters. The van der Waals surface area contributed by atoms with Crippen molar-refractivity contribution in [2.75, 3.05) is 32.9 Å². The summed E-state index contributed by atoms with van der Waals surface area (Å²) in [6.07, 6.45) is 19.0. The first-order chi connectivity index (χ1) is 16.9. The number of ether oxygens (including phenoxy) is 3. The van der Waals surface area contributed by atoms with E-state index in [9.17, 15) is 14.4 Å². The largest absolute Gasteiger partial charge is 0.462 e. The normalized spacial score (nSPS) is 12.7. The smallest absolute Gasteiger partial charge is 0.333 e. The summed E-state index contributed by atoms with van der Waals surface area (Å²) >= 11 is 0. The second kappa shape index (κ2) is 19.7. The standard InChI is InChI=1S/C28H45NO6/c1-4-5-6-7-8-9-10-11-12-14-19-29-20-15-13-16-25(29)23-35-27(31)18-17-26(30)33-21-22-34-28(32)24(2)3/h13,15-16H,2,4-12,14,17-23H2,1,3H3. The van der Waals surface area contributed by atoms with Crippen molar-refractivity contribution in [3.05, 3.63) is 36.1 Å². The van der Waals surface area contributed by atoms with Gasteiger partial charge in [-0.15, -0.1) is 0 Å². The molecule has 198 valence electrons. The van der Waals surface area contributed by atoms with Gasteiger partial charge in [0.05, 0.1) is 18.5 Å². The minimum atomic E-state index is -0.532. The summed E-state index contributed by atoms with van der Waals surface area (Å²) in [6, 6.07) is 0. The summed E-state index contributed by atoms with van der Waals surface area (Å²) in [5, 5.41) is 0.